The summed E-state index contributed by atoms with van der Waals surface area (Å²) in [4.78, 5) is 20.8. The number of halogens is 3. The predicted molar refractivity (Wildman–Crippen MR) is 101 cm³/mol. The van der Waals surface area contributed by atoms with Crippen molar-refractivity contribution < 1.29 is 18.0 Å². The third kappa shape index (κ3) is 4.64. The summed E-state index contributed by atoms with van der Waals surface area (Å²) in [5.74, 6) is 0.254. The van der Waals surface area contributed by atoms with Gasteiger partial charge in [-0.3, -0.25) is 4.79 Å². The van der Waals surface area contributed by atoms with Gasteiger partial charge in [-0.1, -0.05) is 18.2 Å². The number of anilines is 3. The van der Waals surface area contributed by atoms with Crippen molar-refractivity contribution in [1.82, 2.24) is 9.97 Å². The molecule has 0 aliphatic rings. The Kier molecular flexibility index (Phi) is 5.30. The highest BCUT2D eigenvalue weighted by Gasteiger charge is 2.29. The van der Waals surface area contributed by atoms with Gasteiger partial charge < -0.3 is 10.6 Å². The van der Waals surface area contributed by atoms with Crippen LogP contribution in [-0.2, 0) is 6.18 Å². The molecule has 0 fully saturated rings. The van der Waals surface area contributed by atoms with Crippen molar-refractivity contribution in [2.75, 3.05) is 10.6 Å². The maximum Gasteiger partial charge on any atom is 0.416 e. The highest BCUT2D eigenvalue weighted by atomic mass is 19.4. The Morgan fingerprint density at radius 3 is 2.29 bits per heavy atom. The average molecular weight is 386 g/mol. The molecule has 1 aromatic heterocycles. The SMILES string of the molecule is Cc1nc(Nc2ccc(C(F)(F)F)cc2)cc(C(=O)Nc2ccccc2C)n1. The monoisotopic (exact) mass is 386 g/mol. The largest absolute Gasteiger partial charge is 0.416 e. The minimum Gasteiger partial charge on any atom is -0.340 e. The van der Waals surface area contributed by atoms with Crippen LogP contribution >= 0.6 is 0 Å². The van der Waals surface area contributed by atoms with Gasteiger partial charge in [-0.2, -0.15) is 13.2 Å². The van der Waals surface area contributed by atoms with E-state index >= 15 is 0 Å². The summed E-state index contributed by atoms with van der Waals surface area (Å²) in [6, 6.07) is 13.3. The highest BCUT2D eigenvalue weighted by molar-refractivity contribution is 6.03. The van der Waals surface area contributed by atoms with E-state index in [2.05, 4.69) is 20.6 Å². The second-order valence-electron chi connectivity index (χ2n) is 6.15. The Balaban J connectivity index is 1.79. The van der Waals surface area contributed by atoms with E-state index in [1.54, 1.807) is 13.0 Å². The number of para-hydroxylation sites is 1. The number of carbonyl (C=O) groups excluding carboxylic acids is 1. The zero-order valence-corrected chi connectivity index (χ0v) is 15.1. The molecule has 3 rings (SSSR count). The minimum absolute atomic E-state index is 0.144. The molecule has 0 bridgehead atoms. The molecule has 0 unspecified atom stereocenters. The molecule has 0 saturated heterocycles. The van der Waals surface area contributed by atoms with E-state index in [4.69, 9.17) is 0 Å². The van der Waals surface area contributed by atoms with Crippen LogP contribution in [-0.4, -0.2) is 15.9 Å². The summed E-state index contributed by atoms with van der Waals surface area (Å²) in [7, 11) is 0. The lowest BCUT2D eigenvalue weighted by Crippen LogP contribution is -2.16. The molecule has 0 spiro atoms. The van der Waals surface area contributed by atoms with Gasteiger partial charge in [0.25, 0.3) is 5.91 Å². The standard InChI is InChI=1S/C20H17F3N4O/c1-12-5-3-4-6-16(12)27-19(28)17-11-18(25-13(2)24-17)26-15-9-7-14(8-10-15)20(21,22)23/h3-11H,1-2H3,(H,27,28)(H,24,25,26). The molecule has 0 aliphatic heterocycles. The van der Waals surface area contributed by atoms with E-state index in [0.29, 0.717) is 23.0 Å². The van der Waals surface area contributed by atoms with Crippen LogP contribution in [0.1, 0.15) is 27.4 Å². The Morgan fingerprint density at radius 2 is 1.64 bits per heavy atom. The van der Waals surface area contributed by atoms with Crippen LogP contribution in [0.15, 0.2) is 54.6 Å². The summed E-state index contributed by atoms with van der Waals surface area (Å²) < 4.78 is 38.0. The van der Waals surface area contributed by atoms with Crippen LogP contribution in [0.3, 0.4) is 0 Å². The molecule has 1 heterocycles. The van der Waals surface area contributed by atoms with Gasteiger partial charge in [0.1, 0.15) is 17.3 Å². The summed E-state index contributed by atoms with van der Waals surface area (Å²) in [6.07, 6.45) is -4.40. The third-order valence-corrected chi connectivity index (χ3v) is 3.95. The van der Waals surface area contributed by atoms with Crippen LogP contribution in [0.2, 0.25) is 0 Å². The van der Waals surface area contributed by atoms with Gasteiger partial charge in [-0.15, -0.1) is 0 Å². The first-order valence-corrected chi connectivity index (χ1v) is 8.39. The maximum atomic E-state index is 12.7. The Labute approximate surface area is 159 Å². The van der Waals surface area contributed by atoms with Crippen LogP contribution in [0.25, 0.3) is 0 Å². The fraction of sp³-hybridized carbons (Fsp3) is 0.150. The molecular formula is C20H17F3N4O. The number of nitrogens with zero attached hydrogens (tertiary/aromatic N) is 2. The smallest absolute Gasteiger partial charge is 0.340 e. The van der Waals surface area contributed by atoms with Crippen LogP contribution in [0, 0.1) is 13.8 Å². The van der Waals surface area contributed by atoms with E-state index in [9.17, 15) is 18.0 Å². The fourth-order valence-electron chi connectivity index (χ4n) is 2.54. The summed E-state index contributed by atoms with van der Waals surface area (Å²) in [5, 5.41) is 5.68. The second kappa shape index (κ2) is 7.67. The quantitative estimate of drug-likeness (QED) is 0.654. The van der Waals surface area contributed by atoms with Gasteiger partial charge in [0.2, 0.25) is 0 Å². The van der Waals surface area contributed by atoms with Crippen LogP contribution < -0.4 is 10.6 Å². The molecule has 2 N–H and O–H groups in total. The predicted octanol–water partition coefficient (Wildman–Crippen LogP) is 5.11. The molecule has 28 heavy (non-hydrogen) atoms. The number of benzene rings is 2. The van der Waals surface area contributed by atoms with Crippen molar-refractivity contribution in [2.24, 2.45) is 0 Å². The number of alkyl halides is 3. The molecule has 8 heteroatoms. The molecule has 0 radical (unpaired) electrons. The number of amides is 1. The lowest BCUT2D eigenvalue weighted by molar-refractivity contribution is -0.137. The lowest BCUT2D eigenvalue weighted by atomic mass is 10.2. The molecule has 3 aromatic rings. The minimum atomic E-state index is -4.40. The van der Waals surface area contributed by atoms with Crippen molar-refractivity contribution in [3.63, 3.8) is 0 Å². The van der Waals surface area contributed by atoms with E-state index in [1.807, 2.05) is 25.1 Å². The van der Waals surface area contributed by atoms with E-state index < -0.39 is 17.6 Å². The first-order valence-electron chi connectivity index (χ1n) is 8.39. The number of aryl methyl sites for hydroxylation is 2. The normalized spacial score (nSPS) is 11.2. The number of nitrogens with one attached hydrogen (secondary N) is 2. The van der Waals surface area contributed by atoms with Crippen LogP contribution in [0.4, 0.5) is 30.4 Å². The molecule has 0 saturated carbocycles. The number of aromatic nitrogens is 2. The van der Waals surface area contributed by atoms with E-state index in [0.717, 1.165) is 17.7 Å². The average Bonchev–Trinajstić information content (AvgIpc) is 2.63. The van der Waals surface area contributed by atoms with Crippen molar-refractivity contribution >= 4 is 23.1 Å². The topological polar surface area (TPSA) is 66.9 Å². The lowest BCUT2D eigenvalue weighted by Gasteiger charge is -2.11. The summed E-state index contributed by atoms with van der Waals surface area (Å²) >= 11 is 0. The van der Waals surface area contributed by atoms with Crippen molar-refractivity contribution in [2.45, 2.75) is 20.0 Å². The number of hydrogen-bond donors (Lipinski definition) is 2. The Bertz CT molecular complexity index is 1000. The summed E-state index contributed by atoms with van der Waals surface area (Å²) in [5.41, 5.74) is 1.39. The first-order chi connectivity index (χ1) is 13.2. The van der Waals surface area contributed by atoms with E-state index in [1.165, 1.54) is 18.2 Å². The van der Waals surface area contributed by atoms with Gasteiger partial charge in [0, 0.05) is 17.4 Å². The van der Waals surface area contributed by atoms with Gasteiger partial charge in [-0.05, 0) is 49.7 Å². The number of carbonyl (C=O) groups is 1. The van der Waals surface area contributed by atoms with Gasteiger partial charge in [0.05, 0.1) is 5.56 Å². The molecule has 5 nitrogen and oxygen atoms in total. The summed E-state index contributed by atoms with van der Waals surface area (Å²) in [6.45, 7) is 3.50. The highest BCUT2D eigenvalue weighted by Crippen LogP contribution is 2.30. The van der Waals surface area contributed by atoms with Crippen molar-refractivity contribution in [1.29, 1.82) is 0 Å². The van der Waals surface area contributed by atoms with Gasteiger partial charge in [-0.25, -0.2) is 9.97 Å². The molecular weight excluding hydrogens is 369 g/mol. The maximum absolute atomic E-state index is 12.7. The zero-order chi connectivity index (χ0) is 20.3. The van der Waals surface area contributed by atoms with Crippen LogP contribution in [0.5, 0.6) is 0 Å². The number of rotatable bonds is 4. The van der Waals surface area contributed by atoms with Gasteiger partial charge >= 0.3 is 6.18 Å². The van der Waals surface area contributed by atoms with Crippen molar-refractivity contribution in [3.8, 4) is 0 Å². The molecule has 1 amide bonds. The second-order valence-corrected chi connectivity index (χ2v) is 6.15. The number of hydrogen-bond acceptors (Lipinski definition) is 4. The Hall–Kier alpha value is -3.42. The fourth-order valence-corrected chi connectivity index (χ4v) is 2.54. The molecule has 0 aliphatic carbocycles. The third-order valence-electron chi connectivity index (χ3n) is 3.95. The molecule has 0 atom stereocenters. The van der Waals surface area contributed by atoms with Crippen molar-refractivity contribution in [3.05, 3.63) is 77.2 Å². The zero-order valence-electron chi connectivity index (χ0n) is 15.1. The van der Waals surface area contributed by atoms with E-state index in [-0.39, 0.29) is 5.69 Å². The Morgan fingerprint density at radius 1 is 0.964 bits per heavy atom. The van der Waals surface area contributed by atoms with Gasteiger partial charge in [0.15, 0.2) is 0 Å². The molecule has 2 aromatic carbocycles. The first kappa shape index (κ1) is 19.3. The molecule has 144 valence electrons.